The molecule has 194 valence electrons. The van der Waals surface area contributed by atoms with Gasteiger partial charge in [-0.25, -0.2) is 9.79 Å². The van der Waals surface area contributed by atoms with Gasteiger partial charge in [-0.1, -0.05) is 18.7 Å². The van der Waals surface area contributed by atoms with E-state index in [-0.39, 0.29) is 28.5 Å². The number of carbonyl (C=O) groups is 1. The van der Waals surface area contributed by atoms with Crippen molar-refractivity contribution in [2.24, 2.45) is 4.99 Å². The van der Waals surface area contributed by atoms with Crippen LogP contribution >= 0.6 is 11.8 Å². The van der Waals surface area contributed by atoms with Crippen LogP contribution in [-0.2, 0) is 17.0 Å². The van der Waals surface area contributed by atoms with Crippen molar-refractivity contribution < 1.29 is 32.3 Å². The van der Waals surface area contributed by atoms with Gasteiger partial charge < -0.3 is 18.7 Å². The van der Waals surface area contributed by atoms with Crippen LogP contribution in [0.2, 0.25) is 0 Å². The van der Waals surface area contributed by atoms with Crippen LogP contribution in [0, 0.1) is 0 Å². The average Bonchev–Trinajstić information content (AvgIpc) is 3.50. The van der Waals surface area contributed by atoms with E-state index in [4.69, 9.17) is 8.83 Å². The van der Waals surface area contributed by atoms with Crippen molar-refractivity contribution in [1.29, 1.82) is 0 Å². The first-order chi connectivity index (χ1) is 18.3. The molecule has 1 aliphatic heterocycles. The van der Waals surface area contributed by atoms with Gasteiger partial charge in [0.1, 0.15) is 28.5 Å². The number of thioether (sulfide) groups is 1. The predicted molar refractivity (Wildman–Crippen MR) is 140 cm³/mol. The summed E-state index contributed by atoms with van der Waals surface area (Å²) in [6.07, 6.45) is 3.55. The molecule has 5 rings (SSSR count). The maximum Gasteiger partial charge on any atom is 0.387 e. The maximum atomic E-state index is 13.3. The minimum Gasteiger partial charge on any atom is -0.508 e. The molecule has 2 aromatic heterocycles. The number of aliphatic imine (C=N–C) groups is 1. The number of amidine groups is 1. The lowest BCUT2D eigenvalue weighted by atomic mass is 10.1. The fraction of sp³-hybridized carbons (Fsp3) is 0.148. The third kappa shape index (κ3) is 5.18. The molecule has 2 aromatic carbocycles. The second-order valence-electron chi connectivity index (χ2n) is 8.16. The van der Waals surface area contributed by atoms with Crippen LogP contribution in [-0.4, -0.2) is 22.8 Å². The van der Waals surface area contributed by atoms with Crippen molar-refractivity contribution in [1.82, 2.24) is 0 Å². The number of ether oxygens (including phenoxy) is 1. The summed E-state index contributed by atoms with van der Waals surface area (Å²) in [6.45, 7) is -1.08. The average molecular weight is 539 g/mol. The van der Waals surface area contributed by atoms with Gasteiger partial charge in [0.25, 0.3) is 5.91 Å². The van der Waals surface area contributed by atoms with Crippen molar-refractivity contribution in [3.8, 4) is 11.5 Å². The number of rotatable bonds is 7. The smallest absolute Gasteiger partial charge is 0.387 e. The Kier molecular flexibility index (Phi) is 7.01. The Hall–Kier alpha value is -4.38. The highest BCUT2D eigenvalue weighted by Crippen LogP contribution is 2.34. The normalized spacial score (nSPS) is 14.6. The van der Waals surface area contributed by atoms with E-state index >= 15 is 0 Å². The van der Waals surface area contributed by atoms with E-state index in [0.717, 1.165) is 0 Å². The molecule has 0 saturated heterocycles. The molecule has 0 aliphatic carbocycles. The van der Waals surface area contributed by atoms with E-state index in [9.17, 15) is 23.5 Å². The number of halogens is 2. The summed E-state index contributed by atoms with van der Waals surface area (Å²) >= 11 is 1.21. The first kappa shape index (κ1) is 25.3. The molecule has 0 bridgehead atoms. The molecule has 3 heterocycles. The standard InChI is InChI=1S/C27H20F2N2O6S/c1-2-15-10-20-16(11-24(33)37-23(20)13-22(15)32)14-38-27-30-21(12-19-4-3-9-35-19)25(34)31(27)17-5-7-18(8-6-17)36-26(28)29/h3-13,26,32H,2,14H2,1H3/b21-12+. The molecular weight excluding hydrogens is 518 g/mol. The van der Waals surface area contributed by atoms with E-state index in [1.165, 1.54) is 65.4 Å². The molecule has 1 amide bonds. The second kappa shape index (κ2) is 10.5. The van der Waals surface area contributed by atoms with Gasteiger partial charge in [0.05, 0.1) is 12.0 Å². The van der Waals surface area contributed by atoms with Crippen LogP contribution in [0.15, 0.2) is 85.2 Å². The van der Waals surface area contributed by atoms with Crippen LogP contribution < -0.4 is 15.3 Å². The van der Waals surface area contributed by atoms with E-state index in [0.29, 0.717) is 39.5 Å². The van der Waals surface area contributed by atoms with Gasteiger partial charge >= 0.3 is 12.2 Å². The predicted octanol–water partition coefficient (Wildman–Crippen LogP) is 5.93. The van der Waals surface area contributed by atoms with Gasteiger partial charge in [0.2, 0.25) is 0 Å². The van der Waals surface area contributed by atoms with Gasteiger partial charge in [-0.2, -0.15) is 8.78 Å². The van der Waals surface area contributed by atoms with E-state index in [1.54, 1.807) is 18.2 Å². The molecule has 38 heavy (non-hydrogen) atoms. The van der Waals surface area contributed by atoms with Gasteiger partial charge in [0, 0.05) is 29.3 Å². The quantitative estimate of drug-likeness (QED) is 0.230. The summed E-state index contributed by atoms with van der Waals surface area (Å²) < 4.78 is 40.2. The monoisotopic (exact) mass is 538 g/mol. The molecular formula is C27H20F2N2O6S. The molecule has 0 atom stereocenters. The maximum absolute atomic E-state index is 13.3. The lowest BCUT2D eigenvalue weighted by Gasteiger charge is -2.18. The molecule has 0 fully saturated rings. The van der Waals surface area contributed by atoms with Gasteiger partial charge in [0.15, 0.2) is 5.17 Å². The Labute approximate surface area is 218 Å². The summed E-state index contributed by atoms with van der Waals surface area (Å²) in [6, 6.07) is 13.5. The van der Waals surface area contributed by atoms with Crippen LogP contribution in [0.4, 0.5) is 14.5 Å². The zero-order chi connectivity index (χ0) is 26.8. The number of aromatic hydroxyl groups is 1. The highest BCUT2D eigenvalue weighted by Gasteiger charge is 2.32. The number of carbonyl (C=O) groups excluding carboxylic acids is 1. The third-order valence-corrected chi connectivity index (χ3v) is 6.73. The van der Waals surface area contributed by atoms with Gasteiger partial charge in [-0.3, -0.25) is 9.69 Å². The minimum absolute atomic E-state index is 0.0388. The van der Waals surface area contributed by atoms with Crippen molar-refractivity contribution in [2.45, 2.75) is 25.7 Å². The van der Waals surface area contributed by atoms with Crippen LogP contribution in [0.1, 0.15) is 23.8 Å². The lowest BCUT2D eigenvalue weighted by Crippen LogP contribution is -2.30. The minimum atomic E-state index is -2.97. The number of anilines is 1. The zero-order valence-electron chi connectivity index (χ0n) is 19.9. The second-order valence-corrected chi connectivity index (χ2v) is 9.10. The Morgan fingerprint density at radius 1 is 1.13 bits per heavy atom. The highest BCUT2D eigenvalue weighted by molar-refractivity contribution is 8.13. The summed E-state index contributed by atoms with van der Waals surface area (Å²) in [7, 11) is 0. The zero-order valence-corrected chi connectivity index (χ0v) is 20.7. The first-order valence-corrected chi connectivity index (χ1v) is 12.5. The summed E-state index contributed by atoms with van der Waals surface area (Å²) in [5, 5.41) is 11.2. The Bertz CT molecular complexity index is 1610. The molecule has 11 heteroatoms. The number of hydrogen-bond acceptors (Lipinski definition) is 8. The topological polar surface area (TPSA) is 105 Å². The van der Waals surface area contributed by atoms with E-state index in [1.807, 2.05) is 6.92 Å². The molecule has 1 N–H and O–H groups in total. The van der Waals surface area contributed by atoms with Crippen LogP contribution in [0.5, 0.6) is 11.5 Å². The van der Waals surface area contributed by atoms with Crippen molar-refractivity contribution >= 4 is 45.6 Å². The number of amides is 1. The van der Waals surface area contributed by atoms with Crippen LogP contribution in [0.25, 0.3) is 17.0 Å². The van der Waals surface area contributed by atoms with Crippen molar-refractivity contribution in [3.05, 3.63) is 93.9 Å². The number of fused-ring (bicyclic) bond motifs is 1. The Morgan fingerprint density at radius 2 is 1.92 bits per heavy atom. The number of hydrogen-bond donors (Lipinski definition) is 1. The largest absolute Gasteiger partial charge is 0.508 e. The third-order valence-electron chi connectivity index (χ3n) is 5.74. The van der Waals surface area contributed by atoms with Gasteiger partial charge in [-0.15, -0.1) is 0 Å². The number of furan rings is 1. The molecule has 1 aliphatic rings. The summed E-state index contributed by atoms with van der Waals surface area (Å²) in [5.41, 5.74) is 1.51. The molecule has 0 radical (unpaired) electrons. The fourth-order valence-electron chi connectivity index (χ4n) is 3.96. The molecule has 0 spiro atoms. The van der Waals surface area contributed by atoms with Gasteiger partial charge in [-0.05, 0) is 60.0 Å². The summed E-state index contributed by atoms with van der Waals surface area (Å²) in [4.78, 5) is 31.4. The van der Waals surface area contributed by atoms with Crippen LogP contribution in [0.3, 0.4) is 0 Å². The van der Waals surface area contributed by atoms with E-state index in [2.05, 4.69) is 9.73 Å². The van der Waals surface area contributed by atoms with Crippen molar-refractivity contribution in [3.63, 3.8) is 0 Å². The van der Waals surface area contributed by atoms with E-state index < -0.39 is 18.1 Å². The SMILES string of the molecule is CCc1cc2c(CSC3=N/C(=C/c4ccco4)C(=O)N3c3ccc(OC(F)F)cc3)cc(=O)oc2cc1O. The number of phenolic OH excluding ortho intramolecular Hbond substituents is 1. The molecule has 8 nitrogen and oxygen atoms in total. The Balaban J connectivity index is 1.50. The number of nitrogens with zero attached hydrogens (tertiary/aromatic N) is 2. The molecule has 4 aromatic rings. The molecule has 0 saturated carbocycles. The summed E-state index contributed by atoms with van der Waals surface area (Å²) in [5.74, 6) is 0.228. The van der Waals surface area contributed by atoms with Crippen molar-refractivity contribution in [2.75, 3.05) is 4.90 Å². The molecule has 0 unspecified atom stereocenters. The lowest BCUT2D eigenvalue weighted by molar-refractivity contribution is -0.113. The fourth-order valence-corrected chi connectivity index (χ4v) is 4.96. The number of phenols is 1. The Morgan fingerprint density at radius 3 is 2.61 bits per heavy atom. The number of alkyl halides is 2. The highest BCUT2D eigenvalue weighted by atomic mass is 32.2. The first-order valence-electron chi connectivity index (χ1n) is 11.5. The number of benzene rings is 2. The number of aryl methyl sites for hydroxylation is 1.